The number of carbonyl (C=O) groups is 1. The Hall–Kier alpha value is -2.02. The van der Waals surface area contributed by atoms with Crippen molar-refractivity contribution >= 4 is 39.1 Å². The van der Waals surface area contributed by atoms with Crippen LogP contribution in [0.15, 0.2) is 29.6 Å². The van der Waals surface area contributed by atoms with Gasteiger partial charge in [-0.15, -0.1) is 11.3 Å². The first-order valence-electron chi connectivity index (χ1n) is 11.5. The van der Waals surface area contributed by atoms with E-state index in [1.807, 2.05) is 31.0 Å². The molecule has 2 aromatic heterocycles. The molecule has 3 aromatic rings. The average Bonchev–Trinajstić information content (AvgIpc) is 3.30. The highest BCUT2D eigenvalue weighted by molar-refractivity contribution is 7.16. The number of halogens is 1. The van der Waals surface area contributed by atoms with Crippen molar-refractivity contribution in [2.45, 2.75) is 56.5 Å². The van der Waals surface area contributed by atoms with Crippen molar-refractivity contribution in [3.8, 4) is 0 Å². The molecule has 0 radical (unpaired) electrons. The van der Waals surface area contributed by atoms with E-state index in [-0.39, 0.29) is 5.91 Å². The number of nitrogens with one attached hydrogen (secondary N) is 1. The van der Waals surface area contributed by atoms with Crippen LogP contribution >= 0.6 is 22.9 Å². The Balaban J connectivity index is 1.20. The number of nitrogens with zero attached hydrogens (tertiary/aromatic N) is 3. The molecule has 1 aromatic carbocycles. The third-order valence-electron chi connectivity index (χ3n) is 7.60. The summed E-state index contributed by atoms with van der Waals surface area (Å²) in [6, 6.07) is 8.87. The van der Waals surface area contributed by atoms with Gasteiger partial charge in [-0.1, -0.05) is 17.7 Å². The monoisotopic (exact) mass is 466 g/mol. The zero-order valence-electron chi connectivity index (χ0n) is 18.3. The van der Waals surface area contributed by atoms with Crippen LogP contribution in [0.25, 0.3) is 10.2 Å². The van der Waals surface area contributed by atoms with Gasteiger partial charge in [0.2, 0.25) is 0 Å². The maximum absolute atomic E-state index is 13.2. The van der Waals surface area contributed by atoms with Crippen molar-refractivity contribution in [1.82, 2.24) is 20.2 Å². The Labute approximate surface area is 197 Å². The van der Waals surface area contributed by atoms with E-state index >= 15 is 0 Å². The molecule has 2 aliphatic carbocycles. The number of hydrogen-bond donors (Lipinski definition) is 1. The van der Waals surface area contributed by atoms with Gasteiger partial charge in [-0.25, -0.2) is 9.97 Å². The number of fused-ring (bicyclic) bond motifs is 3. The van der Waals surface area contributed by atoms with Crippen LogP contribution in [-0.4, -0.2) is 46.5 Å². The van der Waals surface area contributed by atoms with Crippen LogP contribution in [0, 0.1) is 12.8 Å². The number of hydrogen-bond acceptors (Lipinski definition) is 5. The van der Waals surface area contributed by atoms with Gasteiger partial charge >= 0.3 is 0 Å². The molecule has 3 heterocycles. The molecule has 1 aliphatic heterocycles. The fraction of sp³-hybridized carbons (Fsp3) is 0.480. The topological polar surface area (TPSA) is 58.1 Å². The van der Waals surface area contributed by atoms with Gasteiger partial charge in [0.25, 0.3) is 5.91 Å². The second-order valence-electron chi connectivity index (χ2n) is 9.73. The van der Waals surface area contributed by atoms with Crippen LogP contribution in [0.1, 0.15) is 65.0 Å². The minimum absolute atomic E-state index is 0.0727. The molecule has 32 heavy (non-hydrogen) atoms. The van der Waals surface area contributed by atoms with Crippen molar-refractivity contribution in [2.24, 2.45) is 5.92 Å². The number of rotatable bonds is 4. The van der Waals surface area contributed by atoms with Crippen LogP contribution in [-0.2, 0) is 0 Å². The summed E-state index contributed by atoms with van der Waals surface area (Å²) >= 11 is 8.39. The van der Waals surface area contributed by atoms with E-state index in [2.05, 4.69) is 27.8 Å². The Bertz CT molecular complexity index is 1200. The molecule has 166 valence electrons. The summed E-state index contributed by atoms with van der Waals surface area (Å²) in [4.78, 5) is 25.5. The molecule has 0 unspecified atom stereocenters. The van der Waals surface area contributed by atoms with Gasteiger partial charge in [0.1, 0.15) is 10.7 Å². The quantitative estimate of drug-likeness (QED) is 0.578. The van der Waals surface area contributed by atoms with Crippen molar-refractivity contribution in [3.63, 3.8) is 0 Å². The van der Waals surface area contributed by atoms with Crippen LogP contribution in [0.4, 0.5) is 0 Å². The summed E-state index contributed by atoms with van der Waals surface area (Å²) < 4.78 is 0. The lowest BCUT2D eigenvalue weighted by molar-refractivity contribution is 0.0678. The lowest BCUT2D eigenvalue weighted by Gasteiger charge is -2.34. The third kappa shape index (κ3) is 3.53. The molecule has 5 atom stereocenters. The molecule has 3 aliphatic rings. The Morgan fingerprint density at radius 2 is 2.03 bits per heavy atom. The second-order valence-corrected chi connectivity index (χ2v) is 11.0. The van der Waals surface area contributed by atoms with Gasteiger partial charge in [0.15, 0.2) is 0 Å². The molecule has 2 bridgehead atoms. The zero-order valence-corrected chi connectivity index (χ0v) is 19.9. The normalized spacial score (nSPS) is 28.8. The first kappa shape index (κ1) is 20.6. The van der Waals surface area contributed by atoms with Crippen LogP contribution in [0.5, 0.6) is 0 Å². The van der Waals surface area contributed by atoms with E-state index < -0.39 is 0 Å². The SMILES string of the molecule is Cc1nc([C@H]2C[C@@H]2c2ccc(C(=O)N(C)[C@@H]3C[C@@H]4CN[C@@H](C4)C3)cc2Cl)c2ccsc2n1. The van der Waals surface area contributed by atoms with E-state index in [0.717, 1.165) is 53.1 Å². The summed E-state index contributed by atoms with van der Waals surface area (Å²) in [5.74, 6) is 2.31. The van der Waals surface area contributed by atoms with Crippen molar-refractivity contribution < 1.29 is 4.79 Å². The number of aromatic nitrogens is 2. The highest BCUT2D eigenvalue weighted by atomic mass is 35.5. The lowest BCUT2D eigenvalue weighted by atomic mass is 9.85. The summed E-state index contributed by atoms with van der Waals surface area (Å²) in [7, 11) is 1.94. The Kier molecular flexibility index (Phi) is 5.01. The highest BCUT2D eigenvalue weighted by Crippen LogP contribution is 2.57. The van der Waals surface area contributed by atoms with Crippen molar-refractivity contribution in [2.75, 3.05) is 13.6 Å². The van der Waals surface area contributed by atoms with Gasteiger partial charge < -0.3 is 10.2 Å². The molecule has 0 spiro atoms. The fourth-order valence-corrected chi connectivity index (χ4v) is 6.97. The van der Waals surface area contributed by atoms with E-state index in [1.165, 1.54) is 6.42 Å². The minimum Gasteiger partial charge on any atom is -0.339 e. The molecule has 1 saturated heterocycles. The number of aryl methyl sites for hydroxylation is 1. The smallest absolute Gasteiger partial charge is 0.253 e. The summed E-state index contributed by atoms with van der Waals surface area (Å²) in [5, 5.41) is 7.51. The predicted molar refractivity (Wildman–Crippen MR) is 129 cm³/mol. The van der Waals surface area contributed by atoms with Gasteiger partial charge in [0, 0.05) is 41.0 Å². The highest BCUT2D eigenvalue weighted by Gasteiger charge is 2.43. The second kappa shape index (κ2) is 7.79. The van der Waals surface area contributed by atoms with Crippen LogP contribution < -0.4 is 5.32 Å². The van der Waals surface area contributed by atoms with Crippen molar-refractivity contribution in [3.05, 3.63) is 57.3 Å². The first-order chi connectivity index (χ1) is 15.5. The number of carbonyl (C=O) groups excluding carboxylic acids is 1. The van der Waals surface area contributed by atoms with E-state index in [4.69, 9.17) is 16.6 Å². The molecular weight excluding hydrogens is 440 g/mol. The molecule has 6 rings (SSSR count). The average molecular weight is 467 g/mol. The Morgan fingerprint density at radius 3 is 2.84 bits per heavy atom. The molecule has 3 fully saturated rings. The van der Waals surface area contributed by atoms with E-state index in [1.54, 1.807) is 11.3 Å². The Morgan fingerprint density at radius 1 is 1.16 bits per heavy atom. The molecule has 1 N–H and O–H groups in total. The molecule has 2 saturated carbocycles. The maximum Gasteiger partial charge on any atom is 0.253 e. The molecular formula is C25H27ClN4OS. The standard InChI is InChI=1S/C25H27ClN4OS/c1-13-28-23(19-5-6-32-24(19)29-13)21-11-20(21)18-4-3-15(9-22(18)26)25(31)30(2)17-8-14-7-16(10-17)27-12-14/h3-6,9,14,16-17,20-21,27H,7-8,10-12H2,1-2H3/t14-,16+,17-,20-,21+/m1/s1. The summed E-state index contributed by atoms with van der Waals surface area (Å²) in [6.45, 7) is 3.05. The predicted octanol–water partition coefficient (Wildman–Crippen LogP) is 5.14. The van der Waals surface area contributed by atoms with Gasteiger partial charge in [-0.05, 0) is 80.1 Å². The number of amides is 1. The summed E-state index contributed by atoms with van der Waals surface area (Å²) in [5.41, 5.74) is 2.94. The molecule has 5 nitrogen and oxygen atoms in total. The lowest BCUT2D eigenvalue weighted by Crippen LogP contribution is -2.42. The van der Waals surface area contributed by atoms with Gasteiger partial charge in [-0.3, -0.25) is 4.79 Å². The van der Waals surface area contributed by atoms with Gasteiger partial charge in [-0.2, -0.15) is 0 Å². The number of benzene rings is 1. The summed E-state index contributed by atoms with van der Waals surface area (Å²) in [6.07, 6.45) is 4.43. The fourth-order valence-electron chi connectivity index (χ4n) is 5.83. The van der Waals surface area contributed by atoms with E-state index in [0.29, 0.717) is 40.4 Å². The van der Waals surface area contributed by atoms with Gasteiger partial charge in [0.05, 0.1) is 5.69 Å². The van der Waals surface area contributed by atoms with Crippen LogP contribution in [0.2, 0.25) is 5.02 Å². The van der Waals surface area contributed by atoms with E-state index in [9.17, 15) is 4.79 Å². The minimum atomic E-state index is 0.0727. The molecule has 1 amide bonds. The van der Waals surface area contributed by atoms with Crippen LogP contribution in [0.3, 0.4) is 0 Å². The zero-order chi connectivity index (χ0) is 22.0. The largest absolute Gasteiger partial charge is 0.339 e. The molecule has 7 heteroatoms. The number of thiophene rings is 1. The maximum atomic E-state index is 13.2. The first-order valence-corrected chi connectivity index (χ1v) is 12.8. The third-order valence-corrected chi connectivity index (χ3v) is 8.73. The van der Waals surface area contributed by atoms with Crippen molar-refractivity contribution in [1.29, 1.82) is 0 Å².